The third-order valence-electron chi connectivity index (χ3n) is 6.08. The van der Waals surface area contributed by atoms with Crippen LogP contribution < -0.4 is 14.8 Å². The van der Waals surface area contributed by atoms with E-state index in [0.717, 1.165) is 5.70 Å². The lowest BCUT2D eigenvalue weighted by Crippen LogP contribution is -2.36. The molecule has 2 aliphatic rings. The molecule has 1 N–H and O–H groups in total. The van der Waals surface area contributed by atoms with Gasteiger partial charge >= 0.3 is 5.97 Å². The number of rotatable bonds is 6. The van der Waals surface area contributed by atoms with Crippen molar-refractivity contribution in [3.8, 4) is 11.5 Å². The Bertz CT molecular complexity index is 1130. The van der Waals surface area contributed by atoms with Crippen molar-refractivity contribution in [2.75, 3.05) is 14.2 Å². The number of esters is 1. The molecule has 0 amide bonds. The normalized spacial score (nSPS) is 20.5. The van der Waals surface area contributed by atoms with Crippen LogP contribution >= 0.6 is 11.3 Å². The van der Waals surface area contributed by atoms with Gasteiger partial charge in [0.25, 0.3) is 0 Å². The third kappa shape index (κ3) is 4.29. The minimum Gasteiger partial charge on any atom is -0.493 e. The lowest BCUT2D eigenvalue weighted by molar-refractivity contribution is -0.143. The summed E-state index contributed by atoms with van der Waals surface area (Å²) in [6.45, 7) is 5.49. The highest BCUT2D eigenvalue weighted by Gasteiger charge is 2.43. The zero-order valence-electron chi connectivity index (χ0n) is 19.6. The Hall–Kier alpha value is -3.06. The fourth-order valence-corrected chi connectivity index (χ4v) is 5.59. The second-order valence-electron chi connectivity index (χ2n) is 8.57. The van der Waals surface area contributed by atoms with E-state index in [0.29, 0.717) is 46.7 Å². The molecule has 0 radical (unpaired) electrons. The Labute approximate surface area is 198 Å². The number of hydrogen-bond donors (Lipinski definition) is 1. The molecule has 0 spiro atoms. The van der Waals surface area contributed by atoms with Crippen LogP contribution in [0.3, 0.4) is 0 Å². The number of allylic oxidation sites excluding steroid dienone is 3. The van der Waals surface area contributed by atoms with E-state index in [2.05, 4.69) is 11.4 Å². The number of ether oxygens (including phenoxy) is 3. The van der Waals surface area contributed by atoms with Crippen LogP contribution in [-0.2, 0) is 14.3 Å². The Morgan fingerprint density at radius 2 is 1.91 bits per heavy atom. The number of carbonyl (C=O) groups excluding carboxylic acids is 2. The average Bonchev–Trinajstić information content (AvgIpc) is 3.31. The number of dihydropyridines is 1. The SMILES string of the molecule is COc1cccc([C@@H]2C(C(=O)OC(C)C)=C(C)NC3=C2C(=O)C[C@@H](c2cccs2)C3)c1OC. The van der Waals surface area contributed by atoms with Gasteiger partial charge in [-0.15, -0.1) is 11.3 Å². The van der Waals surface area contributed by atoms with Gasteiger partial charge in [0, 0.05) is 39.7 Å². The molecule has 174 valence electrons. The maximum absolute atomic E-state index is 13.6. The van der Waals surface area contributed by atoms with Crippen LogP contribution in [0.2, 0.25) is 0 Å². The molecule has 2 atom stereocenters. The summed E-state index contributed by atoms with van der Waals surface area (Å²) in [4.78, 5) is 28.1. The minimum absolute atomic E-state index is 0.0272. The molecular weight excluding hydrogens is 438 g/mol. The van der Waals surface area contributed by atoms with Crippen molar-refractivity contribution in [1.29, 1.82) is 0 Å². The topological polar surface area (TPSA) is 73.9 Å². The lowest BCUT2D eigenvalue weighted by atomic mass is 9.72. The molecule has 0 saturated heterocycles. The highest BCUT2D eigenvalue weighted by atomic mass is 32.1. The van der Waals surface area contributed by atoms with Crippen LogP contribution in [0.5, 0.6) is 11.5 Å². The van der Waals surface area contributed by atoms with Gasteiger partial charge < -0.3 is 19.5 Å². The highest BCUT2D eigenvalue weighted by molar-refractivity contribution is 7.10. The fourth-order valence-electron chi connectivity index (χ4n) is 4.76. The number of ketones is 1. The number of carbonyl (C=O) groups is 2. The Kier molecular flexibility index (Phi) is 6.61. The Morgan fingerprint density at radius 1 is 1.12 bits per heavy atom. The Balaban J connectivity index is 1.88. The van der Waals surface area contributed by atoms with Gasteiger partial charge in [-0.25, -0.2) is 4.79 Å². The molecular formula is C26H29NO5S. The summed E-state index contributed by atoms with van der Waals surface area (Å²) in [5.74, 6) is 0.158. The monoisotopic (exact) mass is 467 g/mol. The van der Waals surface area contributed by atoms with Crippen molar-refractivity contribution in [3.63, 3.8) is 0 Å². The van der Waals surface area contributed by atoms with E-state index in [-0.39, 0.29) is 17.8 Å². The Morgan fingerprint density at radius 3 is 2.55 bits per heavy atom. The van der Waals surface area contributed by atoms with E-state index in [1.165, 1.54) is 4.88 Å². The molecule has 0 fully saturated rings. The summed E-state index contributed by atoms with van der Waals surface area (Å²) in [5.41, 5.74) is 3.29. The van der Waals surface area contributed by atoms with E-state index in [1.807, 2.05) is 44.4 Å². The maximum atomic E-state index is 13.6. The number of Topliss-reactive ketones (excluding diaryl/α,β-unsaturated/α-hetero) is 1. The van der Waals surface area contributed by atoms with E-state index >= 15 is 0 Å². The first-order valence-corrected chi connectivity index (χ1v) is 11.9. The lowest BCUT2D eigenvalue weighted by Gasteiger charge is -2.37. The number of nitrogens with one attached hydrogen (secondary N) is 1. The van der Waals surface area contributed by atoms with Crippen molar-refractivity contribution >= 4 is 23.1 Å². The third-order valence-corrected chi connectivity index (χ3v) is 7.12. The molecule has 33 heavy (non-hydrogen) atoms. The van der Waals surface area contributed by atoms with Crippen LogP contribution in [0.1, 0.15) is 55.9 Å². The molecule has 7 heteroatoms. The predicted molar refractivity (Wildman–Crippen MR) is 128 cm³/mol. The smallest absolute Gasteiger partial charge is 0.337 e. The van der Waals surface area contributed by atoms with Gasteiger partial charge in [-0.1, -0.05) is 18.2 Å². The standard InChI is InChI=1S/C26H29NO5S/c1-14(2)32-26(29)22-15(3)27-18-12-16(21-10-7-11-33-21)13-19(28)24(18)23(22)17-8-6-9-20(30-4)25(17)31-5/h6-11,14,16,23,27H,12-13H2,1-5H3/t16-,23+/m0/s1. The molecule has 0 unspecified atom stereocenters. The zero-order chi connectivity index (χ0) is 23.7. The maximum Gasteiger partial charge on any atom is 0.337 e. The number of para-hydroxylation sites is 1. The van der Waals surface area contributed by atoms with Crippen LogP contribution in [0.4, 0.5) is 0 Å². The molecule has 6 nitrogen and oxygen atoms in total. The van der Waals surface area contributed by atoms with Crippen molar-refractivity contribution in [1.82, 2.24) is 5.32 Å². The van der Waals surface area contributed by atoms with Crippen molar-refractivity contribution < 1.29 is 23.8 Å². The molecule has 1 aliphatic carbocycles. The van der Waals surface area contributed by atoms with E-state index < -0.39 is 11.9 Å². The van der Waals surface area contributed by atoms with Crippen LogP contribution in [0.25, 0.3) is 0 Å². The first kappa shape index (κ1) is 23.1. The summed E-state index contributed by atoms with van der Waals surface area (Å²) in [6, 6.07) is 9.63. The van der Waals surface area contributed by atoms with E-state index in [1.54, 1.807) is 31.6 Å². The van der Waals surface area contributed by atoms with Gasteiger partial charge in [0.1, 0.15) is 0 Å². The number of hydrogen-bond acceptors (Lipinski definition) is 7. The first-order valence-electron chi connectivity index (χ1n) is 11.0. The van der Waals surface area contributed by atoms with Crippen molar-refractivity contribution in [2.24, 2.45) is 0 Å². The van der Waals surface area contributed by atoms with Gasteiger partial charge in [-0.05, 0) is 44.7 Å². The number of methoxy groups -OCH3 is 2. The van der Waals surface area contributed by atoms with Gasteiger partial charge in [0.2, 0.25) is 0 Å². The average molecular weight is 468 g/mol. The van der Waals surface area contributed by atoms with Crippen LogP contribution in [-0.4, -0.2) is 32.1 Å². The molecule has 1 aromatic carbocycles. The zero-order valence-corrected chi connectivity index (χ0v) is 20.4. The molecule has 1 aliphatic heterocycles. The minimum atomic E-state index is -0.602. The van der Waals surface area contributed by atoms with Crippen LogP contribution in [0, 0.1) is 0 Å². The predicted octanol–water partition coefficient (Wildman–Crippen LogP) is 5.08. The number of benzene rings is 1. The molecule has 2 aromatic rings. The van der Waals surface area contributed by atoms with Gasteiger partial charge in [-0.2, -0.15) is 0 Å². The summed E-state index contributed by atoms with van der Waals surface area (Å²) < 4.78 is 16.8. The van der Waals surface area contributed by atoms with E-state index in [9.17, 15) is 9.59 Å². The van der Waals surface area contributed by atoms with Crippen LogP contribution in [0.15, 0.2) is 58.3 Å². The summed E-state index contributed by atoms with van der Waals surface area (Å²) in [5, 5.41) is 5.42. The molecule has 2 heterocycles. The quantitative estimate of drug-likeness (QED) is 0.598. The van der Waals surface area contributed by atoms with Gasteiger partial charge in [0.05, 0.1) is 31.8 Å². The van der Waals surface area contributed by atoms with Gasteiger partial charge in [0.15, 0.2) is 17.3 Å². The van der Waals surface area contributed by atoms with Crippen molar-refractivity contribution in [3.05, 3.63) is 68.7 Å². The van der Waals surface area contributed by atoms with E-state index in [4.69, 9.17) is 14.2 Å². The molecule has 0 saturated carbocycles. The second kappa shape index (κ2) is 9.43. The van der Waals surface area contributed by atoms with Crippen molar-refractivity contribution in [2.45, 2.75) is 51.6 Å². The summed E-state index contributed by atoms with van der Waals surface area (Å²) in [7, 11) is 3.14. The molecule has 0 bridgehead atoms. The fraction of sp³-hybridized carbons (Fsp3) is 0.385. The highest BCUT2D eigenvalue weighted by Crippen LogP contribution is 2.49. The molecule has 1 aromatic heterocycles. The van der Waals surface area contributed by atoms with Gasteiger partial charge in [-0.3, -0.25) is 4.79 Å². The second-order valence-corrected chi connectivity index (χ2v) is 9.55. The number of thiophene rings is 1. The summed E-state index contributed by atoms with van der Waals surface area (Å²) in [6.07, 6.45) is 0.815. The molecule has 4 rings (SSSR count). The largest absolute Gasteiger partial charge is 0.493 e. The summed E-state index contributed by atoms with van der Waals surface area (Å²) >= 11 is 1.67. The first-order chi connectivity index (χ1) is 15.8.